The molecule has 0 aromatic heterocycles. The zero-order valence-corrected chi connectivity index (χ0v) is 15.9. The van der Waals surface area contributed by atoms with E-state index in [4.69, 9.17) is 41.3 Å². The second kappa shape index (κ2) is 10.7. The third-order valence-corrected chi connectivity index (χ3v) is 9.34. The molecule has 0 atom stereocenters. The molecule has 0 amide bonds. The van der Waals surface area contributed by atoms with Crippen LogP contribution in [0.3, 0.4) is 0 Å². The summed E-state index contributed by atoms with van der Waals surface area (Å²) in [5, 5.41) is 0. The lowest BCUT2D eigenvalue weighted by molar-refractivity contribution is 0.215. The zero-order chi connectivity index (χ0) is 18.0. The van der Waals surface area contributed by atoms with Crippen LogP contribution in [0, 0.1) is 0 Å². The lowest BCUT2D eigenvalue weighted by Gasteiger charge is -2.33. The Kier molecular flexibility index (Phi) is 10.6. The van der Waals surface area contributed by atoms with Gasteiger partial charge < -0.3 is 18.1 Å². The van der Waals surface area contributed by atoms with Crippen LogP contribution in [0.2, 0.25) is 0 Å². The van der Waals surface area contributed by atoms with Gasteiger partial charge >= 0.3 is 19.0 Å². The maximum atomic E-state index is 12.9. The van der Waals surface area contributed by atoms with Gasteiger partial charge in [-0.15, -0.1) is 26.3 Å². The van der Waals surface area contributed by atoms with Gasteiger partial charge in [0.2, 0.25) is 0 Å². The maximum absolute atomic E-state index is 12.9. The summed E-state index contributed by atoms with van der Waals surface area (Å²) in [5.74, 6) is 0. The first-order valence-corrected chi connectivity index (χ1v) is 10.2. The molecule has 0 aliphatic rings. The average molecular weight is 405 g/mol. The van der Waals surface area contributed by atoms with Crippen molar-refractivity contribution in [2.45, 2.75) is 3.82 Å². The van der Waals surface area contributed by atoms with Gasteiger partial charge in [-0.2, -0.15) is 0 Å². The Hall–Kier alpha value is -0.160. The number of hydrogen-bond acceptors (Lipinski definition) is 6. The number of hydrogen-bond donors (Lipinski definition) is 0. The molecule has 132 valence electrons. The molecule has 0 aliphatic carbocycles. The smallest absolute Gasteiger partial charge is 0.302 e. The van der Waals surface area contributed by atoms with E-state index in [0.717, 1.165) is 0 Å². The van der Waals surface area contributed by atoms with Crippen LogP contribution >= 0.6 is 38.4 Å². The summed E-state index contributed by atoms with van der Waals surface area (Å²) in [6.07, 6.45) is 5.20. The SMILES string of the molecule is C=CCOP(=O)(OCC=C)C(Cl)(Cl)P(=O)(OCC=C)OCC=C. The third-order valence-electron chi connectivity index (χ3n) is 2.11. The lowest BCUT2D eigenvalue weighted by atomic mass is 10.7. The highest BCUT2D eigenvalue weighted by atomic mass is 35.5. The molecule has 0 rings (SSSR count). The summed E-state index contributed by atoms with van der Waals surface area (Å²) in [6.45, 7) is 12.8. The van der Waals surface area contributed by atoms with Gasteiger partial charge in [-0.05, 0) is 0 Å². The molecule has 0 spiro atoms. The molecule has 10 heteroatoms. The van der Waals surface area contributed by atoms with Crippen LogP contribution in [0.25, 0.3) is 0 Å². The van der Waals surface area contributed by atoms with Gasteiger partial charge in [0.1, 0.15) is 0 Å². The summed E-state index contributed by atoms with van der Waals surface area (Å²) in [7, 11) is -8.70. The molecule has 0 aromatic rings. The molecule has 6 nitrogen and oxygen atoms in total. The average Bonchev–Trinajstić information content (AvgIpc) is 2.53. The first kappa shape index (κ1) is 22.8. The molecule has 0 unspecified atom stereocenters. The molecule has 0 aromatic carbocycles. The molecule has 0 fully saturated rings. The van der Waals surface area contributed by atoms with Crippen molar-refractivity contribution >= 4 is 38.4 Å². The normalized spacial score (nSPS) is 12.6. The van der Waals surface area contributed by atoms with Crippen LogP contribution in [0.4, 0.5) is 0 Å². The highest BCUT2D eigenvalue weighted by Gasteiger charge is 2.64. The topological polar surface area (TPSA) is 71.1 Å². The van der Waals surface area contributed by atoms with Gasteiger partial charge in [0.05, 0.1) is 26.4 Å². The van der Waals surface area contributed by atoms with Gasteiger partial charge in [-0.1, -0.05) is 47.5 Å². The maximum Gasteiger partial charge on any atom is 0.379 e. The number of rotatable bonds is 14. The van der Waals surface area contributed by atoms with Gasteiger partial charge in [-0.3, -0.25) is 9.13 Å². The number of halogens is 2. The van der Waals surface area contributed by atoms with E-state index < -0.39 is 19.0 Å². The first-order chi connectivity index (χ1) is 10.7. The van der Waals surface area contributed by atoms with Crippen LogP contribution < -0.4 is 0 Å². The molecule has 0 aliphatic heterocycles. The minimum Gasteiger partial charge on any atom is -0.302 e. The Labute approximate surface area is 146 Å². The predicted molar refractivity (Wildman–Crippen MR) is 94.2 cm³/mol. The van der Waals surface area contributed by atoms with Crippen molar-refractivity contribution in [3.05, 3.63) is 50.6 Å². The fourth-order valence-electron chi connectivity index (χ4n) is 1.14. The standard InChI is InChI=1S/C13H20Cl2O6P2/c1-5-9-18-22(16,19-10-6-2)13(14,15)23(17,20-11-7-3)21-12-8-4/h5-8H,1-4,9-12H2. The first-order valence-electron chi connectivity index (χ1n) is 6.34. The summed E-state index contributed by atoms with van der Waals surface area (Å²) in [5.41, 5.74) is 0. The Morgan fingerprint density at radius 2 is 0.913 bits per heavy atom. The van der Waals surface area contributed by atoms with Crippen molar-refractivity contribution in [2.75, 3.05) is 26.4 Å². The van der Waals surface area contributed by atoms with Gasteiger partial charge in [0, 0.05) is 0 Å². The quantitative estimate of drug-likeness (QED) is 0.223. The Bertz CT molecular complexity index is 445. The van der Waals surface area contributed by atoms with E-state index in [-0.39, 0.29) is 26.4 Å². The molecule has 0 N–H and O–H groups in total. The van der Waals surface area contributed by atoms with Gasteiger partial charge in [0.15, 0.2) is 0 Å². The molecular formula is C13H20Cl2O6P2. The highest BCUT2D eigenvalue weighted by molar-refractivity contribution is 7.80. The van der Waals surface area contributed by atoms with Crippen LogP contribution in [0.15, 0.2) is 50.6 Å². The summed E-state index contributed by atoms with van der Waals surface area (Å²) in [6, 6.07) is 0. The molecule has 0 saturated carbocycles. The van der Waals surface area contributed by atoms with E-state index in [1.165, 1.54) is 24.3 Å². The fraction of sp³-hybridized carbons (Fsp3) is 0.385. The molecular weight excluding hydrogens is 385 g/mol. The summed E-state index contributed by atoms with van der Waals surface area (Å²) in [4.78, 5) is 0. The lowest BCUT2D eigenvalue weighted by Crippen LogP contribution is -2.22. The van der Waals surface area contributed by atoms with E-state index in [1.807, 2.05) is 0 Å². The molecule has 0 heterocycles. The van der Waals surface area contributed by atoms with E-state index in [1.54, 1.807) is 0 Å². The Morgan fingerprint density at radius 1 is 0.696 bits per heavy atom. The van der Waals surface area contributed by atoms with E-state index in [2.05, 4.69) is 26.3 Å². The van der Waals surface area contributed by atoms with Crippen molar-refractivity contribution in [3.63, 3.8) is 0 Å². The van der Waals surface area contributed by atoms with Crippen LogP contribution in [-0.4, -0.2) is 30.2 Å². The second-order valence-corrected chi connectivity index (χ2v) is 10.9. The van der Waals surface area contributed by atoms with Crippen LogP contribution in [0.5, 0.6) is 0 Å². The molecule has 23 heavy (non-hydrogen) atoms. The van der Waals surface area contributed by atoms with Crippen molar-refractivity contribution in [1.82, 2.24) is 0 Å². The fourth-order valence-corrected chi connectivity index (χ4v) is 6.18. The highest BCUT2D eigenvalue weighted by Crippen LogP contribution is 2.81. The van der Waals surface area contributed by atoms with Gasteiger partial charge in [0.25, 0.3) is 0 Å². The molecule has 0 bridgehead atoms. The Balaban J connectivity index is 5.78. The Morgan fingerprint density at radius 3 is 1.09 bits per heavy atom. The predicted octanol–water partition coefficient (Wildman–Crippen LogP) is 5.27. The van der Waals surface area contributed by atoms with Crippen molar-refractivity contribution in [2.24, 2.45) is 0 Å². The van der Waals surface area contributed by atoms with E-state index >= 15 is 0 Å². The summed E-state index contributed by atoms with van der Waals surface area (Å²) < 4.78 is 43.5. The largest absolute Gasteiger partial charge is 0.379 e. The molecule has 0 saturated heterocycles. The van der Waals surface area contributed by atoms with Crippen LogP contribution in [0.1, 0.15) is 0 Å². The van der Waals surface area contributed by atoms with Crippen LogP contribution in [-0.2, 0) is 27.2 Å². The molecule has 0 radical (unpaired) electrons. The zero-order valence-electron chi connectivity index (χ0n) is 12.6. The van der Waals surface area contributed by atoms with E-state index in [0.29, 0.717) is 0 Å². The third kappa shape index (κ3) is 6.00. The van der Waals surface area contributed by atoms with E-state index in [9.17, 15) is 9.13 Å². The monoisotopic (exact) mass is 404 g/mol. The summed E-state index contributed by atoms with van der Waals surface area (Å²) >= 11 is 12.2. The minimum atomic E-state index is -4.35. The van der Waals surface area contributed by atoms with Crippen molar-refractivity contribution in [1.29, 1.82) is 0 Å². The van der Waals surface area contributed by atoms with Crippen molar-refractivity contribution < 1.29 is 27.2 Å². The second-order valence-electron chi connectivity index (χ2n) is 3.84. The van der Waals surface area contributed by atoms with Gasteiger partial charge in [-0.25, -0.2) is 0 Å². The van der Waals surface area contributed by atoms with Crippen molar-refractivity contribution in [3.8, 4) is 0 Å². The minimum absolute atomic E-state index is 0.210. The number of alkyl halides is 2.